The Morgan fingerprint density at radius 1 is 1.58 bits per heavy atom. The second kappa shape index (κ2) is 6.34. The van der Waals surface area contributed by atoms with Crippen LogP contribution >= 0.6 is 11.3 Å². The lowest BCUT2D eigenvalue weighted by Crippen LogP contribution is -2.44. The first-order chi connectivity index (χ1) is 8.74. The van der Waals surface area contributed by atoms with E-state index in [-0.39, 0.29) is 29.7 Å². The van der Waals surface area contributed by atoms with Gasteiger partial charge in [0.15, 0.2) is 0 Å². The van der Waals surface area contributed by atoms with Gasteiger partial charge in [-0.2, -0.15) is 0 Å². The molecule has 1 aromatic rings. The molecule has 0 saturated carbocycles. The maximum Gasteiger partial charge on any atom is 0.307 e. The van der Waals surface area contributed by atoms with Crippen molar-refractivity contribution in [1.29, 1.82) is 0 Å². The van der Waals surface area contributed by atoms with Crippen molar-refractivity contribution in [2.24, 2.45) is 5.92 Å². The van der Waals surface area contributed by atoms with Crippen molar-refractivity contribution in [2.75, 3.05) is 6.54 Å². The van der Waals surface area contributed by atoms with E-state index in [1.165, 1.54) is 0 Å². The Hall–Kier alpha value is -1.14. The number of thiazole rings is 1. The molecule has 108 valence electrons. The number of hydrogen-bond acceptors (Lipinski definition) is 4. The van der Waals surface area contributed by atoms with Gasteiger partial charge < -0.3 is 15.0 Å². The summed E-state index contributed by atoms with van der Waals surface area (Å²) in [4.78, 5) is 23.1. The zero-order valence-electron chi connectivity index (χ0n) is 11.9. The smallest absolute Gasteiger partial charge is 0.307 e. The maximum absolute atomic E-state index is 11.7. The lowest BCUT2D eigenvalue weighted by Gasteiger charge is -2.27. The van der Waals surface area contributed by atoms with Crippen molar-refractivity contribution < 1.29 is 9.90 Å². The summed E-state index contributed by atoms with van der Waals surface area (Å²) in [7, 11) is 0. The number of nitrogens with one attached hydrogen (secondary N) is 1. The molecule has 0 fully saturated rings. The summed E-state index contributed by atoms with van der Waals surface area (Å²) in [5, 5.41) is 14.5. The van der Waals surface area contributed by atoms with E-state index in [0.717, 1.165) is 17.0 Å². The summed E-state index contributed by atoms with van der Waals surface area (Å²) >= 11 is 1.14. The molecule has 0 aliphatic rings. The van der Waals surface area contributed by atoms with Crippen LogP contribution in [0.25, 0.3) is 0 Å². The van der Waals surface area contributed by atoms with Crippen molar-refractivity contribution >= 4 is 17.2 Å². The summed E-state index contributed by atoms with van der Waals surface area (Å²) in [6.07, 6.45) is 0.242. The first-order valence-corrected chi connectivity index (χ1v) is 7.26. The van der Waals surface area contributed by atoms with E-state index in [0.29, 0.717) is 6.54 Å². The standard InChI is InChI=1S/C13H22N2O3S/c1-9(2)13(4,18)8-14-11(16)5-6-15-10(3)7-19-12(15)17/h7,9,18H,5-6,8H2,1-4H3,(H,14,16). The van der Waals surface area contributed by atoms with Gasteiger partial charge in [0, 0.05) is 30.6 Å². The molecular weight excluding hydrogens is 264 g/mol. The molecule has 2 N–H and O–H groups in total. The van der Waals surface area contributed by atoms with Crippen molar-refractivity contribution in [3.8, 4) is 0 Å². The molecule has 0 aliphatic heterocycles. The Morgan fingerprint density at radius 3 is 2.68 bits per heavy atom. The highest BCUT2D eigenvalue weighted by molar-refractivity contribution is 7.07. The maximum atomic E-state index is 11.7. The van der Waals surface area contributed by atoms with Gasteiger partial charge in [-0.25, -0.2) is 0 Å². The molecule has 1 unspecified atom stereocenters. The van der Waals surface area contributed by atoms with Gasteiger partial charge in [0.1, 0.15) is 0 Å². The SMILES string of the molecule is Cc1csc(=O)n1CCC(=O)NCC(C)(O)C(C)C. The molecule has 1 aromatic heterocycles. The predicted octanol–water partition coefficient (Wildman–Crippen LogP) is 1.13. The largest absolute Gasteiger partial charge is 0.388 e. The van der Waals surface area contributed by atoms with Crippen LogP contribution in [-0.2, 0) is 11.3 Å². The molecule has 6 heteroatoms. The van der Waals surface area contributed by atoms with Crippen LogP contribution in [-0.4, -0.2) is 27.7 Å². The number of nitrogens with zero attached hydrogens (tertiary/aromatic N) is 1. The Bertz CT molecular complexity index is 488. The molecule has 1 rings (SSSR count). The van der Waals surface area contributed by atoms with Crippen molar-refractivity contribution in [3.63, 3.8) is 0 Å². The minimum absolute atomic E-state index is 0.0422. The van der Waals surface area contributed by atoms with Crippen LogP contribution in [0.15, 0.2) is 10.2 Å². The lowest BCUT2D eigenvalue weighted by atomic mass is 9.92. The van der Waals surface area contributed by atoms with E-state index >= 15 is 0 Å². The van der Waals surface area contributed by atoms with Gasteiger partial charge in [-0.1, -0.05) is 25.2 Å². The highest BCUT2D eigenvalue weighted by Crippen LogP contribution is 2.14. The number of aliphatic hydroxyl groups is 1. The van der Waals surface area contributed by atoms with E-state index in [4.69, 9.17) is 0 Å². The average Bonchev–Trinajstić information content (AvgIpc) is 2.64. The van der Waals surface area contributed by atoms with Crippen LogP contribution in [0.4, 0.5) is 0 Å². The topological polar surface area (TPSA) is 71.3 Å². The summed E-state index contributed by atoms with van der Waals surface area (Å²) in [5.74, 6) is -0.0898. The van der Waals surface area contributed by atoms with E-state index < -0.39 is 5.60 Å². The van der Waals surface area contributed by atoms with Gasteiger partial charge in [0.25, 0.3) is 0 Å². The van der Waals surface area contributed by atoms with Gasteiger partial charge in [0.05, 0.1) is 5.60 Å². The number of aromatic nitrogens is 1. The Kier molecular flexibility index (Phi) is 5.31. The van der Waals surface area contributed by atoms with Gasteiger partial charge >= 0.3 is 4.87 Å². The zero-order valence-corrected chi connectivity index (χ0v) is 12.7. The molecular formula is C13H22N2O3S. The molecule has 0 spiro atoms. The van der Waals surface area contributed by atoms with Crippen LogP contribution in [0.2, 0.25) is 0 Å². The summed E-state index contributed by atoms with van der Waals surface area (Å²) in [5.41, 5.74) is -0.0397. The second-order valence-electron chi connectivity index (χ2n) is 5.33. The Morgan fingerprint density at radius 2 is 2.21 bits per heavy atom. The molecule has 19 heavy (non-hydrogen) atoms. The van der Waals surface area contributed by atoms with Crippen LogP contribution in [0, 0.1) is 12.8 Å². The molecule has 0 aromatic carbocycles. The molecule has 0 radical (unpaired) electrons. The molecule has 0 bridgehead atoms. The lowest BCUT2D eigenvalue weighted by molar-refractivity contribution is -0.122. The first kappa shape index (κ1) is 15.9. The summed E-state index contributed by atoms with van der Waals surface area (Å²) in [6, 6.07) is 0. The molecule has 0 saturated heterocycles. The minimum atomic E-state index is -0.912. The highest BCUT2D eigenvalue weighted by Gasteiger charge is 2.25. The number of carbonyl (C=O) groups excluding carboxylic acids is 1. The number of carbonyl (C=O) groups is 1. The van der Waals surface area contributed by atoms with E-state index in [1.807, 2.05) is 20.8 Å². The van der Waals surface area contributed by atoms with Crippen molar-refractivity contribution in [1.82, 2.24) is 9.88 Å². The van der Waals surface area contributed by atoms with Gasteiger partial charge in [0.2, 0.25) is 5.91 Å². The third-order valence-electron chi connectivity index (χ3n) is 3.43. The van der Waals surface area contributed by atoms with E-state index in [9.17, 15) is 14.7 Å². The molecule has 1 amide bonds. The van der Waals surface area contributed by atoms with Crippen LogP contribution < -0.4 is 10.2 Å². The molecule has 5 nitrogen and oxygen atoms in total. The molecule has 0 aliphatic carbocycles. The van der Waals surface area contributed by atoms with Crippen LogP contribution in [0.1, 0.15) is 32.9 Å². The van der Waals surface area contributed by atoms with Crippen molar-refractivity contribution in [3.05, 3.63) is 20.7 Å². The normalized spacial score (nSPS) is 14.4. The third-order valence-corrected chi connectivity index (χ3v) is 4.31. The quantitative estimate of drug-likeness (QED) is 0.823. The third kappa shape index (κ3) is 4.47. The number of amides is 1. The number of aryl methyl sites for hydroxylation is 1. The highest BCUT2D eigenvalue weighted by atomic mass is 32.1. The van der Waals surface area contributed by atoms with Gasteiger partial charge in [-0.3, -0.25) is 9.59 Å². The van der Waals surface area contributed by atoms with E-state index in [2.05, 4.69) is 5.32 Å². The number of rotatable bonds is 6. The van der Waals surface area contributed by atoms with E-state index in [1.54, 1.807) is 16.9 Å². The molecule has 1 heterocycles. The van der Waals surface area contributed by atoms with Crippen LogP contribution in [0.3, 0.4) is 0 Å². The summed E-state index contributed by atoms with van der Waals surface area (Å²) < 4.78 is 1.59. The first-order valence-electron chi connectivity index (χ1n) is 6.38. The number of hydrogen-bond donors (Lipinski definition) is 2. The summed E-state index contributed by atoms with van der Waals surface area (Å²) in [6.45, 7) is 7.95. The van der Waals surface area contributed by atoms with Crippen molar-refractivity contribution in [2.45, 2.75) is 46.3 Å². The monoisotopic (exact) mass is 286 g/mol. The molecule has 1 atom stereocenters. The Balaban J connectivity index is 2.43. The minimum Gasteiger partial charge on any atom is -0.388 e. The Labute approximate surface area is 117 Å². The van der Waals surface area contributed by atoms with Crippen LogP contribution in [0.5, 0.6) is 0 Å². The predicted molar refractivity (Wildman–Crippen MR) is 76.4 cm³/mol. The van der Waals surface area contributed by atoms with Gasteiger partial charge in [-0.05, 0) is 19.8 Å². The fourth-order valence-electron chi connectivity index (χ4n) is 1.46. The fourth-order valence-corrected chi connectivity index (χ4v) is 2.22. The van der Waals surface area contributed by atoms with Gasteiger partial charge in [-0.15, -0.1) is 0 Å². The second-order valence-corrected chi connectivity index (χ2v) is 6.15. The average molecular weight is 286 g/mol. The zero-order chi connectivity index (χ0) is 14.6. The fraction of sp³-hybridized carbons (Fsp3) is 0.692.